The van der Waals surface area contributed by atoms with Crippen LogP contribution in [0.15, 0.2) is 0 Å². The minimum absolute atomic E-state index is 0.0645. The first-order chi connectivity index (χ1) is 17.7. The van der Waals surface area contributed by atoms with Gasteiger partial charge in [0.2, 0.25) is 5.91 Å². The molecule has 0 fully saturated rings. The Balaban J connectivity index is 0. The molecule has 0 saturated carbocycles. The van der Waals surface area contributed by atoms with E-state index in [9.17, 15) is 14.4 Å². The Morgan fingerprint density at radius 1 is 0.514 bits per heavy atom. The highest BCUT2D eigenvalue weighted by Crippen LogP contribution is 2.12. The topological polar surface area (TPSA) is 98.2 Å². The molecule has 0 aliphatic heterocycles. The van der Waals surface area contributed by atoms with Crippen molar-refractivity contribution >= 4 is 17.8 Å². The number of hydrogen-bond acceptors (Lipinski definition) is 4. The third kappa shape index (κ3) is 32.3. The lowest BCUT2D eigenvalue weighted by molar-refractivity contribution is -0.143. The average Bonchev–Trinajstić information content (AvgIpc) is 2.83. The van der Waals surface area contributed by atoms with Gasteiger partial charge in [0, 0.05) is 13.5 Å². The van der Waals surface area contributed by atoms with Gasteiger partial charge in [-0.2, -0.15) is 0 Å². The number of unbranched alkanes of at least 4 members (excludes halogenated alkanes) is 17. The van der Waals surface area contributed by atoms with Crippen LogP contribution in [0.2, 0.25) is 0 Å². The number of carbonyl (C=O) groups excluding carboxylic acids is 1. The highest BCUT2D eigenvalue weighted by atomic mass is 16.4. The van der Waals surface area contributed by atoms with Crippen LogP contribution in [0.4, 0.5) is 0 Å². The molecule has 0 spiro atoms. The maximum atomic E-state index is 11.5. The molecule has 0 rings (SSSR count). The van der Waals surface area contributed by atoms with E-state index >= 15 is 0 Å². The Morgan fingerprint density at radius 3 is 1.24 bits per heavy atom. The van der Waals surface area contributed by atoms with Crippen LogP contribution >= 0.6 is 0 Å². The molecular weight excluding hydrogens is 468 g/mol. The molecule has 0 aromatic carbocycles. The number of amides is 1. The van der Waals surface area contributed by atoms with Crippen molar-refractivity contribution in [3.8, 4) is 0 Å². The van der Waals surface area contributed by atoms with Gasteiger partial charge >= 0.3 is 11.9 Å². The summed E-state index contributed by atoms with van der Waals surface area (Å²) < 4.78 is 0. The third-order valence-corrected chi connectivity index (χ3v) is 6.59. The molecule has 0 bridgehead atoms. The second kappa shape index (κ2) is 28.9. The highest BCUT2D eigenvalue weighted by Gasteiger charge is 2.11. The van der Waals surface area contributed by atoms with Gasteiger partial charge in [-0.05, 0) is 26.4 Å². The van der Waals surface area contributed by atoms with E-state index in [1.54, 1.807) is 7.05 Å². The summed E-state index contributed by atoms with van der Waals surface area (Å²) >= 11 is 0. The number of nitrogens with zero attached hydrogens (tertiary/aromatic N) is 2. The summed E-state index contributed by atoms with van der Waals surface area (Å²) in [6.07, 6.45) is 24.7. The van der Waals surface area contributed by atoms with E-state index in [0.717, 1.165) is 25.8 Å². The zero-order chi connectivity index (χ0) is 28.2. The van der Waals surface area contributed by atoms with E-state index in [2.05, 4.69) is 13.8 Å². The van der Waals surface area contributed by atoms with Crippen LogP contribution < -0.4 is 0 Å². The number of carboxylic acid groups (broad SMARTS) is 2. The smallest absolute Gasteiger partial charge is 0.323 e. The van der Waals surface area contributed by atoms with Crippen molar-refractivity contribution in [1.82, 2.24) is 9.80 Å². The fourth-order valence-electron chi connectivity index (χ4n) is 4.25. The molecule has 0 unspecified atom stereocenters. The van der Waals surface area contributed by atoms with Crippen molar-refractivity contribution in [1.29, 1.82) is 0 Å². The Labute approximate surface area is 228 Å². The normalized spacial score (nSPS) is 10.7. The van der Waals surface area contributed by atoms with Gasteiger partial charge in [0.1, 0.15) is 6.54 Å². The Bertz CT molecular complexity index is 542. The molecule has 0 saturated heterocycles. The van der Waals surface area contributed by atoms with Gasteiger partial charge in [0.25, 0.3) is 0 Å². The summed E-state index contributed by atoms with van der Waals surface area (Å²) in [7, 11) is 3.42. The molecule has 0 aromatic rings. The van der Waals surface area contributed by atoms with Crippen molar-refractivity contribution < 1.29 is 24.6 Å². The zero-order valence-electron chi connectivity index (χ0n) is 24.8. The lowest BCUT2D eigenvalue weighted by Crippen LogP contribution is -2.31. The SMILES string of the molecule is CCCCCCCCCCCC(=O)N(C)CC(=O)O.CCCCCCCCCCCCN(C)CC(=O)O. The molecule has 220 valence electrons. The first kappa shape index (κ1) is 37.5. The third-order valence-electron chi connectivity index (χ3n) is 6.59. The Hall–Kier alpha value is -1.63. The number of hydrogen-bond donors (Lipinski definition) is 2. The van der Waals surface area contributed by atoms with E-state index in [1.165, 1.54) is 108 Å². The van der Waals surface area contributed by atoms with Crippen molar-refractivity contribution in [2.75, 3.05) is 33.7 Å². The molecule has 0 aromatic heterocycles. The van der Waals surface area contributed by atoms with Crippen molar-refractivity contribution in [2.24, 2.45) is 0 Å². The van der Waals surface area contributed by atoms with Gasteiger partial charge in [-0.15, -0.1) is 0 Å². The first-order valence-electron chi connectivity index (χ1n) is 15.1. The number of carbonyl (C=O) groups is 3. The summed E-state index contributed by atoms with van der Waals surface area (Å²) in [5.74, 6) is -1.75. The van der Waals surface area contributed by atoms with Gasteiger partial charge in [-0.25, -0.2) is 0 Å². The van der Waals surface area contributed by atoms with Gasteiger partial charge in [-0.1, -0.05) is 123 Å². The monoisotopic (exact) mass is 528 g/mol. The van der Waals surface area contributed by atoms with Crippen molar-refractivity contribution in [3.63, 3.8) is 0 Å². The highest BCUT2D eigenvalue weighted by molar-refractivity contribution is 5.80. The molecule has 0 aliphatic carbocycles. The maximum absolute atomic E-state index is 11.5. The quantitative estimate of drug-likeness (QED) is 0.120. The van der Waals surface area contributed by atoms with E-state index < -0.39 is 11.9 Å². The van der Waals surface area contributed by atoms with Gasteiger partial charge in [0.05, 0.1) is 6.54 Å². The van der Waals surface area contributed by atoms with Crippen LogP contribution in [0.3, 0.4) is 0 Å². The van der Waals surface area contributed by atoms with Crippen LogP contribution in [0.5, 0.6) is 0 Å². The molecule has 0 radical (unpaired) electrons. The molecule has 7 nitrogen and oxygen atoms in total. The molecule has 2 N–H and O–H groups in total. The van der Waals surface area contributed by atoms with Gasteiger partial charge in [0.15, 0.2) is 0 Å². The summed E-state index contributed by atoms with van der Waals surface area (Å²) in [4.78, 5) is 35.6. The van der Waals surface area contributed by atoms with E-state index in [4.69, 9.17) is 10.2 Å². The van der Waals surface area contributed by atoms with Crippen LogP contribution in [0, 0.1) is 0 Å². The molecule has 0 atom stereocenters. The first-order valence-corrected chi connectivity index (χ1v) is 15.1. The number of likely N-dealkylation sites (N-methyl/N-ethyl adjacent to an activating group) is 2. The molecule has 37 heavy (non-hydrogen) atoms. The van der Waals surface area contributed by atoms with Crippen LogP contribution in [-0.4, -0.2) is 71.6 Å². The lowest BCUT2D eigenvalue weighted by Gasteiger charge is -2.14. The Kier molecular flexibility index (Phi) is 29.3. The second-order valence-electron chi connectivity index (χ2n) is 10.5. The van der Waals surface area contributed by atoms with Crippen molar-refractivity contribution in [2.45, 2.75) is 142 Å². The van der Waals surface area contributed by atoms with Crippen LogP contribution in [-0.2, 0) is 14.4 Å². The lowest BCUT2D eigenvalue weighted by atomic mass is 10.1. The predicted octanol–water partition coefficient (Wildman–Crippen LogP) is 7.37. The summed E-state index contributed by atoms with van der Waals surface area (Å²) in [5.41, 5.74) is 0. The van der Waals surface area contributed by atoms with Gasteiger partial charge < -0.3 is 15.1 Å². The van der Waals surface area contributed by atoms with Crippen molar-refractivity contribution in [3.05, 3.63) is 0 Å². The minimum atomic E-state index is -0.956. The number of aliphatic carboxylic acids is 2. The van der Waals surface area contributed by atoms with Gasteiger partial charge in [-0.3, -0.25) is 19.3 Å². The standard InChI is InChI=1S/C15H29NO3.C15H31NO2/c1-3-4-5-6-7-8-9-10-11-12-14(17)16(2)13-15(18)19;1-3-4-5-6-7-8-9-10-11-12-13-16(2)14-15(17)18/h3-13H2,1-2H3,(H,18,19);3-14H2,1-2H3,(H,17,18). The molecule has 1 amide bonds. The fraction of sp³-hybridized carbons (Fsp3) is 0.900. The van der Waals surface area contributed by atoms with E-state index in [1.807, 2.05) is 11.9 Å². The number of carboxylic acids is 2. The maximum Gasteiger partial charge on any atom is 0.323 e. The van der Waals surface area contributed by atoms with E-state index in [0.29, 0.717) is 6.42 Å². The zero-order valence-corrected chi connectivity index (χ0v) is 24.8. The number of rotatable bonds is 25. The van der Waals surface area contributed by atoms with Crippen LogP contribution in [0.25, 0.3) is 0 Å². The van der Waals surface area contributed by atoms with Crippen LogP contribution in [0.1, 0.15) is 142 Å². The molecule has 0 aliphatic rings. The molecular formula is C30H60N2O5. The largest absolute Gasteiger partial charge is 0.480 e. The molecule has 0 heterocycles. The fourth-order valence-corrected chi connectivity index (χ4v) is 4.25. The summed E-state index contributed by atoms with van der Waals surface area (Å²) in [6, 6.07) is 0. The minimum Gasteiger partial charge on any atom is -0.480 e. The molecule has 7 heteroatoms. The Morgan fingerprint density at radius 2 is 0.865 bits per heavy atom. The second-order valence-corrected chi connectivity index (χ2v) is 10.5. The van der Waals surface area contributed by atoms with E-state index in [-0.39, 0.29) is 19.0 Å². The summed E-state index contributed by atoms with van der Waals surface area (Å²) in [5, 5.41) is 17.2. The predicted molar refractivity (Wildman–Crippen MR) is 154 cm³/mol. The average molecular weight is 529 g/mol. The summed E-state index contributed by atoms with van der Waals surface area (Å²) in [6.45, 7) is 5.34.